The highest BCUT2D eigenvalue weighted by atomic mass is 16.3. The Morgan fingerprint density at radius 1 is 1.00 bits per heavy atom. The third kappa shape index (κ3) is 2.03. The Balaban J connectivity index is 2.14. The van der Waals surface area contributed by atoms with Gasteiger partial charge >= 0.3 is 0 Å². The van der Waals surface area contributed by atoms with Gasteiger partial charge in [0, 0.05) is 5.92 Å². The van der Waals surface area contributed by atoms with Crippen LogP contribution >= 0.6 is 0 Å². The number of phenols is 1. The molecule has 1 saturated carbocycles. The lowest BCUT2D eigenvalue weighted by atomic mass is 9.84. The van der Waals surface area contributed by atoms with Crippen molar-refractivity contribution < 1.29 is 5.11 Å². The van der Waals surface area contributed by atoms with Gasteiger partial charge in [0.25, 0.3) is 0 Å². The molecule has 0 spiro atoms. The fourth-order valence-electron chi connectivity index (χ4n) is 1.99. The van der Waals surface area contributed by atoms with Crippen molar-refractivity contribution in [1.82, 2.24) is 0 Å². The molecule has 1 aliphatic carbocycles. The zero-order valence-electron chi connectivity index (χ0n) is 7.79. The first kappa shape index (κ1) is 8.61. The predicted molar refractivity (Wildman–Crippen MR) is 53.5 cm³/mol. The summed E-state index contributed by atoms with van der Waals surface area (Å²) in [4.78, 5) is 0. The Hall–Kier alpha value is -0.980. The molecule has 0 saturated heterocycles. The number of aromatic hydroxyl groups is 1. The molecule has 1 nitrogen and oxygen atoms in total. The molecule has 1 fully saturated rings. The third-order valence-corrected chi connectivity index (χ3v) is 2.71. The van der Waals surface area contributed by atoms with Gasteiger partial charge in [-0.3, -0.25) is 0 Å². The molecular formula is C12H15O. The van der Waals surface area contributed by atoms with E-state index in [0.29, 0.717) is 5.75 Å². The summed E-state index contributed by atoms with van der Waals surface area (Å²) in [6.45, 7) is 0. The topological polar surface area (TPSA) is 20.2 Å². The van der Waals surface area contributed by atoms with Gasteiger partial charge in [0.15, 0.2) is 0 Å². The van der Waals surface area contributed by atoms with Crippen molar-refractivity contribution in [1.29, 1.82) is 0 Å². The average Bonchev–Trinajstić information content (AvgIpc) is 2.19. The minimum Gasteiger partial charge on any atom is -0.508 e. The van der Waals surface area contributed by atoms with Crippen LogP contribution in [0.4, 0.5) is 0 Å². The van der Waals surface area contributed by atoms with Gasteiger partial charge in [0.05, 0.1) is 0 Å². The molecular weight excluding hydrogens is 160 g/mol. The SMILES string of the molecule is Oc1cccc([C]2CCCCC2)c1. The molecule has 1 heteroatoms. The van der Waals surface area contributed by atoms with Gasteiger partial charge < -0.3 is 5.11 Å². The standard InChI is InChI=1S/C12H15O/c13-12-8-4-7-11(9-12)10-5-2-1-3-6-10/h4,7-9,13H,1-3,5-6H2. The van der Waals surface area contributed by atoms with Crippen LogP contribution in [0.1, 0.15) is 37.7 Å². The molecule has 13 heavy (non-hydrogen) atoms. The first-order valence-corrected chi connectivity index (χ1v) is 5.00. The van der Waals surface area contributed by atoms with E-state index in [0.717, 1.165) is 0 Å². The smallest absolute Gasteiger partial charge is 0.115 e. The van der Waals surface area contributed by atoms with Crippen LogP contribution in [0, 0.1) is 5.92 Å². The van der Waals surface area contributed by atoms with E-state index in [4.69, 9.17) is 0 Å². The molecule has 1 aliphatic rings. The van der Waals surface area contributed by atoms with Gasteiger partial charge in [-0.2, -0.15) is 0 Å². The van der Waals surface area contributed by atoms with Crippen molar-refractivity contribution in [2.45, 2.75) is 32.1 Å². The van der Waals surface area contributed by atoms with Gasteiger partial charge in [-0.25, -0.2) is 0 Å². The average molecular weight is 175 g/mol. The van der Waals surface area contributed by atoms with Crippen LogP contribution in [0.3, 0.4) is 0 Å². The van der Waals surface area contributed by atoms with Crippen molar-refractivity contribution in [3.63, 3.8) is 0 Å². The van der Waals surface area contributed by atoms with E-state index in [-0.39, 0.29) is 0 Å². The predicted octanol–water partition coefficient (Wildman–Crippen LogP) is 3.28. The number of rotatable bonds is 1. The maximum absolute atomic E-state index is 9.33. The first-order valence-electron chi connectivity index (χ1n) is 5.00. The monoisotopic (exact) mass is 175 g/mol. The second-order valence-electron chi connectivity index (χ2n) is 3.71. The Kier molecular flexibility index (Phi) is 2.53. The van der Waals surface area contributed by atoms with Crippen LogP contribution in [-0.4, -0.2) is 5.11 Å². The maximum atomic E-state index is 9.33. The van der Waals surface area contributed by atoms with Crippen LogP contribution in [0.5, 0.6) is 5.75 Å². The second kappa shape index (κ2) is 3.82. The fraction of sp³-hybridized carbons (Fsp3) is 0.417. The normalized spacial score (nSPS) is 18.8. The Morgan fingerprint density at radius 2 is 1.77 bits per heavy atom. The minimum atomic E-state index is 0.385. The van der Waals surface area contributed by atoms with E-state index in [9.17, 15) is 5.11 Å². The van der Waals surface area contributed by atoms with E-state index in [1.165, 1.54) is 43.6 Å². The Labute approximate surface area is 79.4 Å². The summed E-state index contributed by atoms with van der Waals surface area (Å²) in [5.74, 6) is 1.90. The van der Waals surface area contributed by atoms with Gasteiger partial charge in [0.2, 0.25) is 0 Å². The summed E-state index contributed by atoms with van der Waals surface area (Å²) < 4.78 is 0. The number of hydrogen-bond donors (Lipinski definition) is 1. The zero-order chi connectivity index (χ0) is 9.10. The number of phenolic OH excluding ortho intramolecular Hbond substituents is 1. The molecule has 0 aliphatic heterocycles. The van der Waals surface area contributed by atoms with Gasteiger partial charge in [-0.15, -0.1) is 0 Å². The molecule has 1 aromatic rings. The molecule has 0 unspecified atom stereocenters. The van der Waals surface area contributed by atoms with Crippen molar-refractivity contribution in [3.05, 3.63) is 35.7 Å². The van der Waals surface area contributed by atoms with E-state index < -0.39 is 0 Å². The molecule has 1 N–H and O–H groups in total. The number of hydrogen-bond acceptors (Lipinski definition) is 1. The largest absolute Gasteiger partial charge is 0.508 e. The van der Waals surface area contributed by atoms with Crippen LogP contribution < -0.4 is 0 Å². The Morgan fingerprint density at radius 3 is 2.46 bits per heavy atom. The van der Waals surface area contributed by atoms with E-state index in [1.54, 1.807) is 6.07 Å². The second-order valence-corrected chi connectivity index (χ2v) is 3.71. The summed E-state index contributed by atoms with van der Waals surface area (Å²) in [7, 11) is 0. The van der Waals surface area contributed by atoms with Crippen molar-refractivity contribution in [2.24, 2.45) is 0 Å². The molecule has 0 aromatic heterocycles. The molecule has 0 heterocycles. The fourth-order valence-corrected chi connectivity index (χ4v) is 1.99. The summed E-state index contributed by atoms with van der Waals surface area (Å²) in [5, 5.41) is 9.33. The molecule has 2 rings (SSSR count). The summed E-state index contributed by atoms with van der Waals surface area (Å²) in [5.41, 5.74) is 1.24. The third-order valence-electron chi connectivity index (χ3n) is 2.71. The molecule has 1 aromatic carbocycles. The van der Waals surface area contributed by atoms with Crippen molar-refractivity contribution in [2.75, 3.05) is 0 Å². The highest BCUT2D eigenvalue weighted by Crippen LogP contribution is 2.32. The van der Waals surface area contributed by atoms with Crippen molar-refractivity contribution >= 4 is 0 Å². The van der Waals surface area contributed by atoms with Crippen LogP contribution in [0.2, 0.25) is 0 Å². The maximum Gasteiger partial charge on any atom is 0.115 e. The van der Waals surface area contributed by atoms with Gasteiger partial charge in [-0.05, 0) is 30.5 Å². The quantitative estimate of drug-likeness (QED) is 0.694. The van der Waals surface area contributed by atoms with Crippen LogP contribution in [-0.2, 0) is 0 Å². The lowest BCUT2D eigenvalue weighted by Crippen LogP contribution is -2.04. The van der Waals surface area contributed by atoms with E-state index >= 15 is 0 Å². The molecule has 0 atom stereocenters. The van der Waals surface area contributed by atoms with E-state index in [2.05, 4.69) is 6.07 Å². The highest BCUT2D eigenvalue weighted by molar-refractivity contribution is 5.36. The van der Waals surface area contributed by atoms with Gasteiger partial charge in [0.1, 0.15) is 5.75 Å². The minimum absolute atomic E-state index is 0.385. The van der Waals surface area contributed by atoms with Crippen molar-refractivity contribution in [3.8, 4) is 5.75 Å². The summed E-state index contributed by atoms with van der Waals surface area (Å²) in [6.07, 6.45) is 6.41. The lowest BCUT2D eigenvalue weighted by Gasteiger charge is -2.21. The summed E-state index contributed by atoms with van der Waals surface area (Å²) >= 11 is 0. The summed E-state index contributed by atoms with van der Waals surface area (Å²) in [6, 6.07) is 7.63. The van der Waals surface area contributed by atoms with Gasteiger partial charge in [-0.1, -0.05) is 31.4 Å². The molecule has 0 bridgehead atoms. The Bertz CT molecular complexity index is 274. The lowest BCUT2D eigenvalue weighted by molar-refractivity contribution is 0.473. The van der Waals surface area contributed by atoms with Crippen LogP contribution in [0.15, 0.2) is 24.3 Å². The zero-order valence-corrected chi connectivity index (χ0v) is 7.79. The highest BCUT2D eigenvalue weighted by Gasteiger charge is 2.15. The molecule has 1 radical (unpaired) electrons. The first-order chi connectivity index (χ1) is 6.36. The number of benzene rings is 1. The van der Waals surface area contributed by atoms with Crippen LogP contribution in [0.25, 0.3) is 0 Å². The molecule has 69 valence electrons. The van der Waals surface area contributed by atoms with E-state index in [1.807, 2.05) is 12.1 Å². The molecule has 0 amide bonds.